The van der Waals surface area contributed by atoms with E-state index in [0.717, 1.165) is 16.7 Å². The maximum absolute atomic E-state index is 11.3. The second-order valence-electron chi connectivity index (χ2n) is 5.05. The van der Waals surface area contributed by atoms with Crippen molar-refractivity contribution in [1.29, 1.82) is 0 Å². The van der Waals surface area contributed by atoms with Crippen molar-refractivity contribution >= 4 is 24.2 Å². The van der Waals surface area contributed by atoms with Gasteiger partial charge in [-0.25, -0.2) is 0 Å². The first-order chi connectivity index (χ1) is 10.7. The Hall–Kier alpha value is -2.31. The Morgan fingerprint density at radius 1 is 1.27 bits per heavy atom. The summed E-state index contributed by atoms with van der Waals surface area (Å²) in [5.74, 6) is 1.33. The molecule has 2 aromatic carbocycles. The van der Waals surface area contributed by atoms with Gasteiger partial charge in [0.15, 0.2) is 0 Å². The van der Waals surface area contributed by atoms with Gasteiger partial charge in [0.05, 0.1) is 6.61 Å². The third kappa shape index (κ3) is 3.13. The third-order valence-corrected chi connectivity index (χ3v) is 3.47. The SMILES string of the molecule is CCC(=O)Nc1ccc(Oc2ccc3c(c2)COB3O)cc1. The molecule has 2 N–H and O–H groups in total. The van der Waals surface area contributed by atoms with E-state index >= 15 is 0 Å². The molecule has 0 aliphatic carbocycles. The van der Waals surface area contributed by atoms with Crippen molar-refractivity contribution in [2.45, 2.75) is 20.0 Å². The molecule has 22 heavy (non-hydrogen) atoms. The lowest BCUT2D eigenvalue weighted by Crippen LogP contribution is -2.27. The minimum atomic E-state index is -0.842. The Bertz CT molecular complexity index is 687. The molecule has 6 heteroatoms. The minimum Gasteiger partial charge on any atom is -0.457 e. The fourth-order valence-corrected chi connectivity index (χ4v) is 2.26. The van der Waals surface area contributed by atoms with Gasteiger partial charge in [-0.2, -0.15) is 0 Å². The van der Waals surface area contributed by atoms with Crippen LogP contribution in [0.1, 0.15) is 18.9 Å². The number of carbonyl (C=O) groups is 1. The first-order valence-electron chi connectivity index (χ1n) is 7.16. The molecule has 0 spiro atoms. The van der Waals surface area contributed by atoms with E-state index in [1.807, 2.05) is 6.07 Å². The number of anilines is 1. The van der Waals surface area contributed by atoms with Crippen LogP contribution in [0.4, 0.5) is 5.69 Å². The van der Waals surface area contributed by atoms with Crippen LogP contribution in [0.5, 0.6) is 11.5 Å². The lowest BCUT2D eigenvalue weighted by atomic mass is 9.80. The molecule has 0 aromatic heterocycles. The van der Waals surface area contributed by atoms with Crippen LogP contribution in [-0.2, 0) is 16.1 Å². The molecule has 0 bridgehead atoms. The highest BCUT2D eigenvalue weighted by Gasteiger charge is 2.27. The Morgan fingerprint density at radius 2 is 2.00 bits per heavy atom. The van der Waals surface area contributed by atoms with Crippen LogP contribution in [0.25, 0.3) is 0 Å². The molecule has 1 aliphatic heterocycles. The van der Waals surface area contributed by atoms with E-state index in [1.165, 1.54) is 0 Å². The standard InChI is InChI=1S/C16H16BNO4/c1-2-16(19)18-12-3-5-13(6-4-12)22-14-7-8-15-11(9-14)10-21-17(15)20/h3-9,20H,2,10H2,1H3,(H,18,19). The van der Waals surface area contributed by atoms with Crippen LogP contribution < -0.4 is 15.5 Å². The average Bonchev–Trinajstić information content (AvgIpc) is 2.90. The second-order valence-corrected chi connectivity index (χ2v) is 5.05. The highest BCUT2D eigenvalue weighted by Crippen LogP contribution is 2.25. The Morgan fingerprint density at radius 3 is 2.73 bits per heavy atom. The molecule has 3 rings (SSSR count). The van der Waals surface area contributed by atoms with Crippen LogP contribution in [0.15, 0.2) is 42.5 Å². The summed E-state index contributed by atoms with van der Waals surface area (Å²) in [4.78, 5) is 11.3. The van der Waals surface area contributed by atoms with Gasteiger partial charge in [0.25, 0.3) is 0 Å². The van der Waals surface area contributed by atoms with Gasteiger partial charge in [0.1, 0.15) is 11.5 Å². The molecule has 0 saturated carbocycles. The van der Waals surface area contributed by atoms with Crippen LogP contribution >= 0.6 is 0 Å². The van der Waals surface area contributed by atoms with Crippen LogP contribution in [0, 0.1) is 0 Å². The quantitative estimate of drug-likeness (QED) is 0.848. The first-order valence-corrected chi connectivity index (χ1v) is 7.16. The van der Waals surface area contributed by atoms with E-state index in [1.54, 1.807) is 43.3 Å². The monoisotopic (exact) mass is 297 g/mol. The summed E-state index contributed by atoms with van der Waals surface area (Å²) in [7, 11) is -0.842. The van der Waals surface area contributed by atoms with Gasteiger partial charge in [0, 0.05) is 12.1 Å². The van der Waals surface area contributed by atoms with Crippen molar-refractivity contribution in [2.24, 2.45) is 0 Å². The Balaban J connectivity index is 1.70. The maximum atomic E-state index is 11.3. The molecule has 1 heterocycles. The molecule has 5 nitrogen and oxygen atoms in total. The Labute approximate surface area is 129 Å². The van der Waals surface area contributed by atoms with Crippen molar-refractivity contribution in [3.63, 3.8) is 0 Å². The zero-order valence-electron chi connectivity index (χ0n) is 12.2. The number of rotatable bonds is 4. The average molecular weight is 297 g/mol. The number of benzene rings is 2. The van der Waals surface area contributed by atoms with Crippen molar-refractivity contribution in [3.05, 3.63) is 48.0 Å². The van der Waals surface area contributed by atoms with Gasteiger partial charge in [-0.1, -0.05) is 13.0 Å². The molecule has 1 amide bonds. The molecular weight excluding hydrogens is 281 g/mol. The van der Waals surface area contributed by atoms with Gasteiger partial charge < -0.3 is 19.7 Å². The zero-order valence-corrected chi connectivity index (χ0v) is 12.2. The summed E-state index contributed by atoms with van der Waals surface area (Å²) < 4.78 is 10.9. The van der Waals surface area contributed by atoms with Crippen molar-refractivity contribution in [2.75, 3.05) is 5.32 Å². The highest BCUT2D eigenvalue weighted by molar-refractivity contribution is 6.61. The van der Waals surface area contributed by atoms with Crippen LogP contribution in [0.3, 0.4) is 0 Å². The largest absolute Gasteiger partial charge is 0.491 e. The summed E-state index contributed by atoms with van der Waals surface area (Å²) in [6.07, 6.45) is 0.446. The number of fused-ring (bicyclic) bond motifs is 1. The predicted molar refractivity (Wildman–Crippen MR) is 84.3 cm³/mol. The smallest absolute Gasteiger partial charge is 0.457 e. The van der Waals surface area contributed by atoms with E-state index < -0.39 is 7.12 Å². The van der Waals surface area contributed by atoms with Gasteiger partial charge >= 0.3 is 7.12 Å². The summed E-state index contributed by atoms with van der Waals surface area (Å²) in [6, 6.07) is 12.6. The second kappa shape index (κ2) is 6.21. The lowest BCUT2D eigenvalue weighted by Gasteiger charge is -2.09. The molecular formula is C16H16BNO4. The number of ether oxygens (including phenoxy) is 1. The van der Waals surface area contributed by atoms with Gasteiger partial charge in [0.2, 0.25) is 5.91 Å². The minimum absolute atomic E-state index is 0.0224. The van der Waals surface area contributed by atoms with Gasteiger partial charge in [-0.15, -0.1) is 0 Å². The molecule has 1 aliphatic rings. The molecule has 0 fully saturated rings. The van der Waals surface area contributed by atoms with E-state index in [2.05, 4.69) is 5.32 Å². The lowest BCUT2D eigenvalue weighted by molar-refractivity contribution is -0.115. The van der Waals surface area contributed by atoms with Crippen molar-refractivity contribution < 1.29 is 19.2 Å². The van der Waals surface area contributed by atoms with Crippen molar-refractivity contribution in [1.82, 2.24) is 0 Å². The number of nitrogens with one attached hydrogen (secondary N) is 1. The highest BCUT2D eigenvalue weighted by atomic mass is 16.5. The fraction of sp³-hybridized carbons (Fsp3) is 0.188. The fourth-order valence-electron chi connectivity index (χ4n) is 2.26. The summed E-state index contributed by atoms with van der Waals surface area (Å²) in [6.45, 7) is 2.19. The number of amides is 1. The normalized spacial score (nSPS) is 12.9. The third-order valence-electron chi connectivity index (χ3n) is 3.47. The van der Waals surface area contributed by atoms with Crippen LogP contribution in [-0.4, -0.2) is 18.0 Å². The predicted octanol–water partition coefficient (Wildman–Crippen LogP) is 2.05. The van der Waals surface area contributed by atoms with Gasteiger partial charge in [-0.05, 0) is 47.4 Å². The maximum Gasteiger partial charge on any atom is 0.491 e. The molecule has 0 radical (unpaired) electrons. The summed E-state index contributed by atoms with van der Waals surface area (Å²) in [5.41, 5.74) is 2.45. The number of hydrogen-bond donors (Lipinski definition) is 2. The number of hydrogen-bond acceptors (Lipinski definition) is 4. The van der Waals surface area contributed by atoms with E-state index in [-0.39, 0.29) is 5.91 Å². The van der Waals surface area contributed by atoms with E-state index in [4.69, 9.17) is 9.39 Å². The molecule has 0 saturated heterocycles. The molecule has 112 valence electrons. The summed E-state index contributed by atoms with van der Waals surface area (Å²) >= 11 is 0. The summed E-state index contributed by atoms with van der Waals surface area (Å²) in [5, 5.41) is 12.4. The topological polar surface area (TPSA) is 67.8 Å². The van der Waals surface area contributed by atoms with Gasteiger partial charge in [-0.3, -0.25) is 4.79 Å². The Kier molecular flexibility index (Phi) is 4.13. The van der Waals surface area contributed by atoms with E-state index in [0.29, 0.717) is 24.5 Å². The van der Waals surface area contributed by atoms with Crippen LogP contribution in [0.2, 0.25) is 0 Å². The number of carbonyl (C=O) groups excluding carboxylic acids is 1. The zero-order chi connectivity index (χ0) is 15.5. The molecule has 0 atom stereocenters. The van der Waals surface area contributed by atoms with Crippen molar-refractivity contribution in [3.8, 4) is 11.5 Å². The molecule has 2 aromatic rings. The molecule has 0 unspecified atom stereocenters. The first kappa shape index (κ1) is 14.6. The van der Waals surface area contributed by atoms with E-state index in [9.17, 15) is 9.82 Å².